The number of fused-ring (bicyclic) bond motifs is 2. The van der Waals surface area contributed by atoms with Crippen molar-refractivity contribution in [3.05, 3.63) is 70.0 Å². The zero-order valence-electron chi connectivity index (χ0n) is 15.6. The van der Waals surface area contributed by atoms with Gasteiger partial charge in [-0.1, -0.05) is 30.3 Å². The van der Waals surface area contributed by atoms with Gasteiger partial charge in [-0.05, 0) is 30.0 Å². The topological polar surface area (TPSA) is 92.8 Å². The van der Waals surface area contributed by atoms with Crippen molar-refractivity contribution < 1.29 is 14.3 Å². The summed E-state index contributed by atoms with van der Waals surface area (Å²) in [5.74, 6) is 1.29. The first-order valence-corrected chi connectivity index (χ1v) is 9.53. The maximum atomic E-state index is 12.3. The van der Waals surface area contributed by atoms with E-state index in [1.54, 1.807) is 12.1 Å². The van der Waals surface area contributed by atoms with Gasteiger partial charge in [0.2, 0.25) is 5.91 Å². The maximum Gasteiger partial charge on any atom is 0.257 e. The Kier molecular flexibility index (Phi) is 4.27. The summed E-state index contributed by atoms with van der Waals surface area (Å²) < 4.78 is 11.1. The van der Waals surface area contributed by atoms with Crippen LogP contribution in [0.1, 0.15) is 23.5 Å². The summed E-state index contributed by atoms with van der Waals surface area (Å²) in [7, 11) is 0. The number of nitrogens with one attached hydrogen (secondary N) is 2. The van der Waals surface area contributed by atoms with E-state index in [2.05, 4.69) is 15.5 Å². The molecule has 0 bridgehead atoms. The molecule has 1 amide bonds. The Hall–Kier alpha value is -3.61. The van der Waals surface area contributed by atoms with Crippen molar-refractivity contribution in [3.8, 4) is 11.5 Å². The molecule has 0 radical (unpaired) electrons. The van der Waals surface area contributed by atoms with E-state index < -0.39 is 0 Å². The Labute approximate surface area is 166 Å². The van der Waals surface area contributed by atoms with Crippen molar-refractivity contribution in [1.29, 1.82) is 0 Å². The lowest BCUT2D eigenvalue weighted by atomic mass is 10.1. The van der Waals surface area contributed by atoms with Crippen molar-refractivity contribution >= 4 is 23.0 Å². The largest absolute Gasteiger partial charge is 0.486 e. The van der Waals surface area contributed by atoms with Crippen LogP contribution in [-0.4, -0.2) is 30.3 Å². The lowest BCUT2D eigenvalue weighted by Crippen LogP contribution is -2.21. The smallest absolute Gasteiger partial charge is 0.257 e. The second-order valence-corrected chi connectivity index (χ2v) is 7.23. The highest BCUT2D eigenvalue weighted by molar-refractivity contribution is 5.90. The normalized spacial score (nSPS) is 20.0. The summed E-state index contributed by atoms with van der Waals surface area (Å²) in [5.41, 5.74) is 4.43. The van der Waals surface area contributed by atoms with E-state index in [0.717, 1.165) is 17.4 Å². The predicted octanol–water partition coefficient (Wildman–Crippen LogP) is 2.55. The molecule has 0 unspecified atom stereocenters. The molecule has 1 aromatic heterocycles. The van der Waals surface area contributed by atoms with Crippen LogP contribution in [0, 0.1) is 5.92 Å². The highest BCUT2D eigenvalue weighted by Crippen LogP contribution is 2.47. The van der Waals surface area contributed by atoms with Gasteiger partial charge in [0.05, 0.1) is 17.3 Å². The first-order valence-electron chi connectivity index (χ1n) is 9.53. The molecule has 0 spiro atoms. The van der Waals surface area contributed by atoms with E-state index in [9.17, 15) is 9.59 Å². The molecule has 7 nitrogen and oxygen atoms in total. The number of ether oxygens (including phenoxy) is 2. The third-order valence-corrected chi connectivity index (χ3v) is 5.27. The highest BCUT2D eigenvalue weighted by Gasteiger charge is 2.43. The fraction of sp³-hybridized carbons (Fsp3) is 0.227. The Bertz CT molecular complexity index is 1170. The monoisotopic (exact) mass is 389 g/mol. The minimum atomic E-state index is -0.291. The third kappa shape index (κ3) is 3.47. The van der Waals surface area contributed by atoms with Gasteiger partial charge in [0.25, 0.3) is 5.56 Å². The molecule has 2 atom stereocenters. The summed E-state index contributed by atoms with van der Waals surface area (Å²) in [5, 5.41) is 4.78. The van der Waals surface area contributed by atoms with Crippen LogP contribution in [0.25, 0.3) is 10.9 Å². The van der Waals surface area contributed by atoms with E-state index in [0.29, 0.717) is 35.8 Å². The van der Waals surface area contributed by atoms with Gasteiger partial charge < -0.3 is 14.5 Å². The van der Waals surface area contributed by atoms with Gasteiger partial charge in [-0.25, -0.2) is 5.43 Å². The molecule has 1 saturated carbocycles. The Morgan fingerprint density at radius 1 is 1.10 bits per heavy atom. The van der Waals surface area contributed by atoms with Crippen LogP contribution in [0.2, 0.25) is 0 Å². The van der Waals surface area contributed by atoms with Crippen LogP contribution in [0.15, 0.2) is 58.4 Å². The van der Waals surface area contributed by atoms with Gasteiger partial charge in [-0.2, -0.15) is 5.10 Å². The quantitative estimate of drug-likeness (QED) is 0.530. The third-order valence-electron chi connectivity index (χ3n) is 5.27. The standard InChI is InChI=1S/C22H19N3O4/c26-21-15(8-14-9-19-20(11-18(14)24-21)29-7-6-28-19)12-23-25-22(27)17-10-16(17)13-4-2-1-3-5-13/h1-5,8-9,11-12,16-17H,6-7,10H2,(H,24,26)(H,25,27)/b23-12-/t16-,17+/m0/s1. The molecule has 2 aromatic carbocycles. The molecule has 146 valence electrons. The number of carbonyl (C=O) groups excluding carboxylic acids is 1. The van der Waals surface area contributed by atoms with Gasteiger partial charge in [0.15, 0.2) is 11.5 Å². The summed E-state index contributed by atoms with van der Waals surface area (Å²) in [4.78, 5) is 27.4. The molecular formula is C22H19N3O4. The number of aromatic nitrogens is 1. The molecule has 3 aromatic rings. The highest BCUT2D eigenvalue weighted by atomic mass is 16.6. The molecular weight excluding hydrogens is 370 g/mol. The molecule has 1 fully saturated rings. The zero-order valence-corrected chi connectivity index (χ0v) is 15.6. The van der Waals surface area contributed by atoms with Crippen molar-refractivity contribution in [2.24, 2.45) is 11.0 Å². The Morgan fingerprint density at radius 2 is 1.86 bits per heavy atom. The van der Waals surface area contributed by atoms with Crippen molar-refractivity contribution in [2.45, 2.75) is 12.3 Å². The molecule has 0 saturated heterocycles. The van der Waals surface area contributed by atoms with Gasteiger partial charge >= 0.3 is 0 Å². The number of amides is 1. The molecule has 1 aliphatic carbocycles. The lowest BCUT2D eigenvalue weighted by Gasteiger charge is -2.18. The van der Waals surface area contributed by atoms with Crippen molar-refractivity contribution in [2.75, 3.05) is 13.2 Å². The van der Waals surface area contributed by atoms with E-state index in [-0.39, 0.29) is 23.3 Å². The van der Waals surface area contributed by atoms with Crippen molar-refractivity contribution in [3.63, 3.8) is 0 Å². The molecule has 2 aliphatic rings. The maximum absolute atomic E-state index is 12.3. The summed E-state index contributed by atoms with van der Waals surface area (Å²) in [6.07, 6.45) is 2.18. The van der Waals surface area contributed by atoms with Gasteiger partial charge in [-0.3, -0.25) is 9.59 Å². The van der Waals surface area contributed by atoms with E-state index in [1.807, 2.05) is 36.4 Å². The van der Waals surface area contributed by atoms with Crippen LogP contribution in [0.5, 0.6) is 11.5 Å². The van der Waals surface area contributed by atoms with Crippen molar-refractivity contribution in [1.82, 2.24) is 10.4 Å². The predicted molar refractivity (Wildman–Crippen MR) is 109 cm³/mol. The minimum absolute atomic E-state index is 0.0758. The number of H-pyrrole nitrogens is 1. The van der Waals surface area contributed by atoms with Gasteiger partial charge in [0.1, 0.15) is 13.2 Å². The SMILES string of the molecule is O=C(N/N=C\c1cc2cc3c(cc2[nH]c1=O)OCCO3)[C@@H]1C[C@H]1c1ccccc1. The average molecular weight is 389 g/mol. The number of hydrogen-bond donors (Lipinski definition) is 2. The number of nitrogens with zero attached hydrogens (tertiary/aromatic N) is 1. The molecule has 2 N–H and O–H groups in total. The number of rotatable bonds is 4. The van der Waals surface area contributed by atoms with E-state index in [1.165, 1.54) is 6.21 Å². The van der Waals surface area contributed by atoms with Gasteiger partial charge in [0, 0.05) is 17.4 Å². The van der Waals surface area contributed by atoms with Crippen LogP contribution in [0.3, 0.4) is 0 Å². The lowest BCUT2D eigenvalue weighted by molar-refractivity contribution is -0.122. The fourth-order valence-corrected chi connectivity index (χ4v) is 3.66. The number of pyridine rings is 1. The number of benzene rings is 2. The number of carbonyl (C=O) groups is 1. The minimum Gasteiger partial charge on any atom is -0.486 e. The molecule has 1 aliphatic heterocycles. The Balaban J connectivity index is 1.30. The number of hydrogen-bond acceptors (Lipinski definition) is 5. The Morgan fingerprint density at radius 3 is 2.66 bits per heavy atom. The van der Waals surface area contributed by atoms with Crippen LogP contribution < -0.4 is 20.5 Å². The second kappa shape index (κ2) is 7.09. The summed E-state index contributed by atoms with van der Waals surface area (Å²) in [6.45, 7) is 0.979. The van der Waals surface area contributed by atoms with Crippen LogP contribution in [-0.2, 0) is 4.79 Å². The van der Waals surface area contributed by atoms with E-state index in [4.69, 9.17) is 9.47 Å². The average Bonchev–Trinajstić information content (AvgIpc) is 3.54. The molecule has 5 rings (SSSR count). The van der Waals surface area contributed by atoms with E-state index >= 15 is 0 Å². The number of hydrazone groups is 1. The second-order valence-electron chi connectivity index (χ2n) is 7.23. The zero-order chi connectivity index (χ0) is 19.8. The summed E-state index contributed by atoms with van der Waals surface area (Å²) in [6, 6.07) is 15.3. The van der Waals surface area contributed by atoms with Gasteiger partial charge in [-0.15, -0.1) is 0 Å². The summed E-state index contributed by atoms with van der Waals surface area (Å²) >= 11 is 0. The fourth-order valence-electron chi connectivity index (χ4n) is 3.66. The first kappa shape index (κ1) is 17.5. The molecule has 29 heavy (non-hydrogen) atoms. The number of aromatic amines is 1. The van der Waals surface area contributed by atoms with Crippen LogP contribution in [0.4, 0.5) is 0 Å². The molecule has 2 heterocycles. The van der Waals surface area contributed by atoms with Crippen LogP contribution >= 0.6 is 0 Å². The molecule has 7 heteroatoms. The first-order chi connectivity index (χ1) is 14.2.